The van der Waals surface area contributed by atoms with Gasteiger partial charge in [-0.05, 0) is 13.0 Å². The molecule has 0 aliphatic rings. The lowest BCUT2D eigenvalue weighted by molar-refractivity contribution is 0.0493. The van der Waals surface area contributed by atoms with E-state index in [-0.39, 0.29) is 17.8 Å². The van der Waals surface area contributed by atoms with E-state index in [0.29, 0.717) is 18.3 Å². The number of aromatic amines is 1. The minimum Gasteiger partial charge on any atom is -0.383 e. The van der Waals surface area contributed by atoms with Crippen LogP contribution in [0.25, 0.3) is 0 Å². The molecule has 0 radical (unpaired) electrons. The van der Waals surface area contributed by atoms with Crippen molar-refractivity contribution in [3.05, 3.63) is 53.1 Å². The van der Waals surface area contributed by atoms with Gasteiger partial charge in [-0.15, -0.1) is 0 Å². The maximum absolute atomic E-state index is 13.7. The number of carbonyl (C=O) groups is 1. The summed E-state index contributed by atoms with van der Waals surface area (Å²) in [6, 6.07) is 2.90. The van der Waals surface area contributed by atoms with E-state index in [1.165, 1.54) is 13.1 Å². The van der Waals surface area contributed by atoms with Gasteiger partial charge in [-0.25, -0.2) is 13.8 Å². The van der Waals surface area contributed by atoms with Crippen LogP contribution in [0.3, 0.4) is 0 Å². The molecule has 7 heteroatoms. The zero-order chi connectivity index (χ0) is 16.3. The minimum absolute atomic E-state index is 0.0898. The highest BCUT2D eigenvalue weighted by Gasteiger charge is 2.27. The highest BCUT2D eigenvalue weighted by molar-refractivity contribution is 5.92. The summed E-state index contributed by atoms with van der Waals surface area (Å²) in [5.41, 5.74) is -1.50. The third kappa shape index (κ3) is 3.48. The fourth-order valence-electron chi connectivity index (χ4n) is 2.03. The van der Waals surface area contributed by atoms with Crippen molar-refractivity contribution >= 4 is 5.91 Å². The summed E-state index contributed by atoms with van der Waals surface area (Å²) in [6.07, 6.45) is 2.05. The van der Waals surface area contributed by atoms with Crippen molar-refractivity contribution in [3.8, 4) is 0 Å². The number of H-pyrrole nitrogens is 1. The van der Waals surface area contributed by atoms with Gasteiger partial charge in [0, 0.05) is 18.1 Å². The number of amides is 1. The zero-order valence-electron chi connectivity index (χ0n) is 12.3. The smallest absolute Gasteiger partial charge is 0.269 e. The quantitative estimate of drug-likeness (QED) is 0.789. The van der Waals surface area contributed by atoms with Gasteiger partial charge in [-0.1, -0.05) is 13.0 Å². The van der Waals surface area contributed by atoms with Crippen molar-refractivity contribution in [1.82, 2.24) is 15.3 Å². The number of nitrogens with one attached hydrogen (secondary N) is 2. The predicted octanol–water partition coefficient (Wildman–Crippen LogP) is 1.89. The van der Waals surface area contributed by atoms with Crippen molar-refractivity contribution < 1.29 is 18.7 Å². The van der Waals surface area contributed by atoms with E-state index in [0.717, 1.165) is 12.1 Å². The third-order valence-electron chi connectivity index (χ3n) is 3.31. The lowest BCUT2D eigenvalue weighted by atomic mass is 9.95. The number of benzene rings is 1. The topological polar surface area (TPSA) is 78.0 Å². The lowest BCUT2D eigenvalue weighted by Gasteiger charge is -2.24. The van der Waals surface area contributed by atoms with Crippen LogP contribution in [0.4, 0.5) is 8.78 Å². The summed E-state index contributed by atoms with van der Waals surface area (Å²) in [7, 11) is 0. The molecule has 2 aromatic rings. The standard InChI is InChI=1S/C15H17F2N3O2/c1-3-13-18-7-12(20-13)14(21)19-8-15(2,22)10-5-4-9(16)6-11(10)17/h4-7,22H,3,8H2,1-2H3,(H,18,20)(H,19,21). The summed E-state index contributed by atoms with van der Waals surface area (Å²) in [5, 5.41) is 12.8. The molecule has 1 amide bonds. The van der Waals surface area contributed by atoms with Gasteiger partial charge in [0.05, 0.1) is 12.7 Å². The number of nitrogens with zero attached hydrogens (tertiary/aromatic N) is 1. The largest absolute Gasteiger partial charge is 0.383 e. The lowest BCUT2D eigenvalue weighted by Crippen LogP contribution is -2.39. The van der Waals surface area contributed by atoms with Gasteiger partial charge >= 0.3 is 0 Å². The maximum Gasteiger partial charge on any atom is 0.269 e. The first-order valence-electron chi connectivity index (χ1n) is 6.83. The molecule has 118 valence electrons. The fraction of sp³-hybridized carbons (Fsp3) is 0.333. The normalized spacial score (nSPS) is 13.7. The van der Waals surface area contributed by atoms with Crippen LogP contribution < -0.4 is 5.32 Å². The van der Waals surface area contributed by atoms with Crippen LogP contribution in [0, 0.1) is 11.6 Å². The number of carbonyl (C=O) groups excluding carboxylic acids is 1. The molecule has 22 heavy (non-hydrogen) atoms. The number of imidazole rings is 1. The monoisotopic (exact) mass is 309 g/mol. The molecule has 1 heterocycles. The van der Waals surface area contributed by atoms with Crippen molar-refractivity contribution in [2.45, 2.75) is 25.9 Å². The molecule has 2 rings (SSSR count). The highest BCUT2D eigenvalue weighted by atomic mass is 19.1. The summed E-state index contributed by atoms with van der Waals surface area (Å²) < 4.78 is 26.6. The molecular formula is C15H17F2N3O2. The summed E-state index contributed by atoms with van der Waals surface area (Å²) in [5.74, 6) is -1.39. The Morgan fingerprint density at radius 3 is 2.77 bits per heavy atom. The molecule has 3 N–H and O–H groups in total. The van der Waals surface area contributed by atoms with Crippen LogP contribution in [0.5, 0.6) is 0 Å². The highest BCUT2D eigenvalue weighted by Crippen LogP contribution is 2.23. The Morgan fingerprint density at radius 2 is 2.18 bits per heavy atom. The van der Waals surface area contributed by atoms with Crippen LogP contribution in [-0.2, 0) is 12.0 Å². The van der Waals surface area contributed by atoms with Gasteiger partial charge in [0.2, 0.25) is 0 Å². The van der Waals surface area contributed by atoms with Crippen molar-refractivity contribution in [2.75, 3.05) is 6.54 Å². The Labute approximate surface area is 126 Å². The van der Waals surface area contributed by atoms with E-state index in [9.17, 15) is 18.7 Å². The number of halogens is 2. The SMILES string of the molecule is CCc1ncc(C(=O)NCC(C)(O)c2ccc(F)cc2F)[nH]1. The first kappa shape index (κ1) is 16.1. The van der Waals surface area contributed by atoms with Crippen molar-refractivity contribution in [1.29, 1.82) is 0 Å². The maximum atomic E-state index is 13.7. The van der Waals surface area contributed by atoms with Crippen LogP contribution in [-0.4, -0.2) is 27.5 Å². The molecule has 5 nitrogen and oxygen atoms in total. The fourth-order valence-corrected chi connectivity index (χ4v) is 2.03. The molecule has 0 bridgehead atoms. The molecule has 0 aliphatic heterocycles. The van der Waals surface area contributed by atoms with Crippen LogP contribution in [0.15, 0.2) is 24.4 Å². The van der Waals surface area contributed by atoms with E-state index in [4.69, 9.17) is 0 Å². The second kappa shape index (κ2) is 6.23. The Balaban J connectivity index is 2.07. The Morgan fingerprint density at radius 1 is 1.45 bits per heavy atom. The Hall–Kier alpha value is -2.28. The third-order valence-corrected chi connectivity index (χ3v) is 3.31. The Kier molecular flexibility index (Phi) is 4.56. The first-order chi connectivity index (χ1) is 10.3. The minimum atomic E-state index is -1.67. The molecule has 0 saturated heterocycles. The molecule has 1 atom stereocenters. The van der Waals surface area contributed by atoms with E-state index in [2.05, 4.69) is 15.3 Å². The number of hydrogen-bond donors (Lipinski definition) is 3. The van der Waals surface area contributed by atoms with Crippen LogP contribution in [0.2, 0.25) is 0 Å². The summed E-state index contributed by atoms with van der Waals surface area (Å²) in [6.45, 7) is 3.01. The van der Waals surface area contributed by atoms with Crippen LogP contribution >= 0.6 is 0 Å². The number of aromatic nitrogens is 2. The molecule has 1 aromatic carbocycles. The average Bonchev–Trinajstić information content (AvgIpc) is 2.93. The molecular weight excluding hydrogens is 292 g/mol. The first-order valence-corrected chi connectivity index (χ1v) is 6.83. The number of rotatable bonds is 5. The van der Waals surface area contributed by atoms with Gasteiger partial charge in [0.1, 0.15) is 28.8 Å². The van der Waals surface area contributed by atoms with Gasteiger partial charge in [0.25, 0.3) is 5.91 Å². The predicted molar refractivity (Wildman–Crippen MR) is 76.2 cm³/mol. The van der Waals surface area contributed by atoms with Gasteiger partial charge < -0.3 is 15.4 Å². The molecule has 1 unspecified atom stereocenters. The van der Waals surface area contributed by atoms with E-state index in [1.54, 1.807) is 0 Å². The summed E-state index contributed by atoms with van der Waals surface area (Å²) in [4.78, 5) is 18.8. The molecule has 0 spiro atoms. The summed E-state index contributed by atoms with van der Waals surface area (Å²) >= 11 is 0. The Bertz CT molecular complexity index is 683. The van der Waals surface area contributed by atoms with Crippen molar-refractivity contribution in [3.63, 3.8) is 0 Å². The van der Waals surface area contributed by atoms with Gasteiger partial charge in [-0.2, -0.15) is 0 Å². The second-order valence-electron chi connectivity index (χ2n) is 5.18. The molecule has 0 fully saturated rings. The number of hydrogen-bond acceptors (Lipinski definition) is 3. The van der Waals surface area contributed by atoms with Crippen LogP contribution in [0.1, 0.15) is 35.7 Å². The van der Waals surface area contributed by atoms with Gasteiger partial charge in [-0.3, -0.25) is 4.79 Å². The molecule has 1 aromatic heterocycles. The second-order valence-corrected chi connectivity index (χ2v) is 5.18. The van der Waals surface area contributed by atoms with E-state index < -0.39 is 23.1 Å². The number of aliphatic hydroxyl groups is 1. The van der Waals surface area contributed by atoms with Gasteiger partial charge in [0.15, 0.2) is 0 Å². The zero-order valence-corrected chi connectivity index (χ0v) is 12.3. The number of aryl methyl sites for hydroxylation is 1. The molecule has 0 aliphatic carbocycles. The average molecular weight is 309 g/mol. The van der Waals surface area contributed by atoms with E-state index >= 15 is 0 Å². The van der Waals surface area contributed by atoms with Crippen molar-refractivity contribution in [2.24, 2.45) is 0 Å². The molecule has 0 saturated carbocycles. The van der Waals surface area contributed by atoms with E-state index in [1.807, 2.05) is 6.92 Å².